The molecule has 3 rings (SSSR count). The van der Waals surface area contributed by atoms with Crippen molar-refractivity contribution in [2.24, 2.45) is 0 Å². The Morgan fingerprint density at radius 2 is 1.82 bits per heavy atom. The van der Waals surface area contributed by atoms with E-state index in [9.17, 15) is 22.4 Å². The molecule has 0 aliphatic heterocycles. The fourth-order valence-corrected chi connectivity index (χ4v) is 4.80. The van der Waals surface area contributed by atoms with Crippen molar-refractivity contribution < 1.29 is 27.1 Å². The van der Waals surface area contributed by atoms with Crippen molar-refractivity contribution in [3.05, 3.63) is 71.8 Å². The summed E-state index contributed by atoms with van der Waals surface area (Å²) >= 11 is 0. The first kappa shape index (κ1) is 25.1. The number of nitrogens with zero attached hydrogens (tertiary/aromatic N) is 3. The Morgan fingerprint density at radius 3 is 2.50 bits per heavy atom. The van der Waals surface area contributed by atoms with E-state index in [1.54, 1.807) is 51.2 Å². The van der Waals surface area contributed by atoms with Gasteiger partial charge in [0.1, 0.15) is 10.7 Å². The van der Waals surface area contributed by atoms with Crippen molar-refractivity contribution in [2.75, 3.05) is 25.0 Å². The van der Waals surface area contributed by atoms with Gasteiger partial charge in [-0.3, -0.25) is 4.79 Å². The van der Waals surface area contributed by atoms with Crippen LogP contribution < -0.4 is 5.32 Å². The maximum atomic E-state index is 14.4. The van der Waals surface area contributed by atoms with Crippen molar-refractivity contribution in [1.82, 2.24) is 14.1 Å². The number of rotatable bonds is 9. The molecule has 0 saturated heterocycles. The van der Waals surface area contributed by atoms with E-state index in [1.807, 2.05) is 0 Å². The summed E-state index contributed by atoms with van der Waals surface area (Å²) in [5.74, 6) is -2.08. The summed E-state index contributed by atoms with van der Waals surface area (Å²) in [6, 6.07) is 11.4. The van der Waals surface area contributed by atoms with Gasteiger partial charge in [0.25, 0.3) is 5.91 Å². The van der Waals surface area contributed by atoms with E-state index >= 15 is 0 Å². The molecule has 0 spiro atoms. The first-order chi connectivity index (χ1) is 16.2. The highest BCUT2D eigenvalue weighted by Crippen LogP contribution is 2.22. The number of nitrogens with one attached hydrogen (secondary N) is 1. The lowest BCUT2D eigenvalue weighted by Gasteiger charge is -2.19. The van der Waals surface area contributed by atoms with Gasteiger partial charge in [0, 0.05) is 30.5 Å². The molecule has 34 heavy (non-hydrogen) atoms. The summed E-state index contributed by atoms with van der Waals surface area (Å²) in [7, 11) is -4.08. The van der Waals surface area contributed by atoms with Crippen LogP contribution in [-0.2, 0) is 14.8 Å². The smallest absolute Gasteiger partial charge is 0.358 e. The summed E-state index contributed by atoms with van der Waals surface area (Å²) in [6.07, 6.45) is 1.58. The molecule has 11 heteroatoms. The van der Waals surface area contributed by atoms with E-state index in [0.717, 1.165) is 16.4 Å². The standard InChI is InChI=1S/C23H25FN4O5S/c1-4-27(5-2)34(31,32)21-14-16(10-11-19(21)24)22(29)25-17-8-7-9-18(15-17)28-13-12-20(26-28)23(30)33-6-3/h7-15H,4-6H2,1-3H3,(H,25,29). The predicted octanol–water partition coefficient (Wildman–Crippen LogP) is 3.47. The van der Waals surface area contributed by atoms with Gasteiger partial charge in [-0.05, 0) is 49.4 Å². The number of anilines is 1. The van der Waals surface area contributed by atoms with Gasteiger partial charge in [-0.2, -0.15) is 9.40 Å². The average Bonchev–Trinajstić information content (AvgIpc) is 3.31. The molecule has 0 fully saturated rings. The van der Waals surface area contributed by atoms with Gasteiger partial charge in [0.2, 0.25) is 10.0 Å². The topological polar surface area (TPSA) is 111 Å². The number of amides is 1. The normalized spacial score (nSPS) is 11.4. The minimum atomic E-state index is -4.08. The number of halogens is 1. The first-order valence-corrected chi connectivity index (χ1v) is 12.1. The lowest BCUT2D eigenvalue weighted by molar-refractivity contribution is 0.0518. The van der Waals surface area contributed by atoms with E-state index in [0.29, 0.717) is 11.4 Å². The van der Waals surface area contributed by atoms with Crippen LogP contribution in [0.4, 0.5) is 10.1 Å². The van der Waals surface area contributed by atoms with Gasteiger partial charge in [-0.15, -0.1) is 0 Å². The van der Waals surface area contributed by atoms with Crippen molar-refractivity contribution in [3.63, 3.8) is 0 Å². The Morgan fingerprint density at radius 1 is 1.09 bits per heavy atom. The van der Waals surface area contributed by atoms with E-state index in [1.165, 1.54) is 16.8 Å². The van der Waals surface area contributed by atoms with Gasteiger partial charge in [0.15, 0.2) is 5.69 Å². The van der Waals surface area contributed by atoms with Gasteiger partial charge in [-0.1, -0.05) is 19.9 Å². The number of benzene rings is 2. The highest BCUT2D eigenvalue weighted by atomic mass is 32.2. The van der Waals surface area contributed by atoms with E-state index < -0.39 is 32.6 Å². The Labute approximate surface area is 197 Å². The maximum Gasteiger partial charge on any atom is 0.358 e. The highest BCUT2D eigenvalue weighted by Gasteiger charge is 2.26. The molecular formula is C23H25FN4O5S. The van der Waals surface area contributed by atoms with Crippen LogP contribution in [0.2, 0.25) is 0 Å². The van der Waals surface area contributed by atoms with Gasteiger partial charge < -0.3 is 10.1 Å². The minimum Gasteiger partial charge on any atom is -0.461 e. The number of ether oxygens (including phenoxy) is 1. The molecule has 1 N–H and O–H groups in total. The van der Waals surface area contributed by atoms with Gasteiger partial charge in [0.05, 0.1) is 12.3 Å². The molecule has 0 atom stereocenters. The molecule has 3 aromatic rings. The number of aromatic nitrogens is 2. The number of carbonyl (C=O) groups is 2. The summed E-state index contributed by atoms with van der Waals surface area (Å²) in [5, 5.41) is 6.85. The number of hydrogen-bond acceptors (Lipinski definition) is 6. The highest BCUT2D eigenvalue weighted by molar-refractivity contribution is 7.89. The summed E-state index contributed by atoms with van der Waals surface area (Å²) < 4.78 is 47.4. The van der Waals surface area contributed by atoms with Crippen LogP contribution in [0.25, 0.3) is 5.69 Å². The molecule has 0 aliphatic carbocycles. The van der Waals surface area contributed by atoms with Crippen molar-refractivity contribution in [2.45, 2.75) is 25.7 Å². The second-order valence-corrected chi connectivity index (χ2v) is 9.01. The van der Waals surface area contributed by atoms with Crippen LogP contribution >= 0.6 is 0 Å². The lowest BCUT2D eigenvalue weighted by Crippen LogP contribution is -2.31. The van der Waals surface area contributed by atoms with Crippen LogP contribution in [0, 0.1) is 5.82 Å². The number of hydrogen-bond donors (Lipinski definition) is 1. The molecule has 0 aliphatic rings. The van der Waals surface area contributed by atoms with Crippen molar-refractivity contribution in [3.8, 4) is 5.69 Å². The number of carbonyl (C=O) groups excluding carboxylic acids is 2. The maximum absolute atomic E-state index is 14.4. The number of sulfonamides is 1. The molecule has 180 valence electrons. The molecule has 2 aromatic carbocycles. The largest absolute Gasteiger partial charge is 0.461 e. The van der Waals surface area contributed by atoms with Crippen LogP contribution in [0.5, 0.6) is 0 Å². The fraction of sp³-hybridized carbons (Fsp3) is 0.261. The monoisotopic (exact) mass is 488 g/mol. The molecule has 9 nitrogen and oxygen atoms in total. The summed E-state index contributed by atoms with van der Waals surface area (Å²) in [4.78, 5) is 24.1. The number of esters is 1. The van der Waals surface area contributed by atoms with Crippen molar-refractivity contribution in [1.29, 1.82) is 0 Å². The molecule has 0 radical (unpaired) electrons. The Hall–Kier alpha value is -3.57. The molecule has 0 bridgehead atoms. The fourth-order valence-electron chi connectivity index (χ4n) is 3.26. The third-order valence-electron chi connectivity index (χ3n) is 4.96. The zero-order chi connectivity index (χ0) is 24.9. The Bertz CT molecular complexity index is 1300. The molecule has 0 unspecified atom stereocenters. The van der Waals surface area contributed by atoms with E-state index in [2.05, 4.69) is 10.4 Å². The molecular weight excluding hydrogens is 463 g/mol. The second-order valence-electron chi connectivity index (χ2n) is 7.10. The summed E-state index contributed by atoms with van der Waals surface area (Å²) in [6.45, 7) is 5.58. The minimum absolute atomic E-state index is 0.0128. The first-order valence-electron chi connectivity index (χ1n) is 10.7. The van der Waals surface area contributed by atoms with Crippen LogP contribution in [0.3, 0.4) is 0 Å². The average molecular weight is 489 g/mol. The Balaban J connectivity index is 1.84. The zero-order valence-corrected chi connectivity index (χ0v) is 19.8. The zero-order valence-electron chi connectivity index (χ0n) is 19.0. The van der Waals surface area contributed by atoms with E-state index in [4.69, 9.17) is 4.74 Å². The third kappa shape index (κ3) is 5.32. The molecule has 0 saturated carbocycles. The molecule has 1 aromatic heterocycles. The SMILES string of the molecule is CCOC(=O)c1ccn(-c2cccc(NC(=O)c3ccc(F)c(S(=O)(=O)N(CC)CC)c3)c2)n1. The predicted molar refractivity (Wildman–Crippen MR) is 124 cm³/mol. The van der Waals surface area contributed by atoms with Gasteiger partial charge in [-0.25, -0.2) is 22.3 Å². The van der Waals surface area contributed by atoms with Crippen LogP contribution in [-0.4, -0.2) is 54.1 Å². The van der Waals surface area contributed by atoms with E-state index in [-0.39, 0.29) is 31.0 Å². The second kappa shape index (κ2) is 10.6. The Kier molecular flexibility index (Phi) is 7.79. The molecule has 1 heterocycles. The van der Waals surface area contributed by atoms with Crippen LogP contribution in [0.1, 0.15) is 41.6 Å². The third-order valence-corrected chi connectivity index (χ3v) is 7.02. The van der Waals surface area contributed by atoms with Gasteiger partial charge >= 0.3 is 5.97 Å². The quantitative estimate of drug-likeness (QED) is 0.462. The summed E-state index contributed by atoms with van der Waals surface area (Å²) in [5.41, 5.74) is 1.09. The molecule has 1 amide bonds. The van der Waals surface area contributed by atoms with Crippen molar-refractivity contribution >= 4 is 27.6 Å². The lowest BCUT2D eigenvalue weighted by atomic mass is 10.2. The van der Waals surface area contributed by atoms with Crippen LogP contribution in [0.15, 0.2) is 59.6 Å².